The molecule has 0 bridgehead atoms. The van der Waals surface area contributed by atoms with Gasteiger partial charge in [-0.15, -0.1) is 11.3 Å². The molecule has 0 aliphatic heterocycles. The normalized spacial score (nSPS) is 10.9. The number of nitrogens with one attached hydrogen (secondary N) is 1. The lowest BCUT2D eigenvalue weighted by Gasteiger charge is -2.09. The number of non-ortho nitro benzene ring substituents is 1. The molecule has 9 heteroatoms. The molecule has 4 rings (SSSR count). The van der Waals surface area contributed by atoms with Crippen molar-refractivity contribution < 1.29 is 9.31 Å². The van der Waals surface area contributed by atoms with Crippen LogP contribution in [0.25, 0.3) is 21.3 Å². The molecule has 0 aliphatic carbocycles. The Labute approximate surface area is 161 Å². The SMILES string of the molecule is O=[N+]([O-])c1cccc(-c2csc3ncnc(Nc4ccc(F)c(Cl)c4)c23)c1. The number of halogens is 2. The van der Waals surface area contributed by atoms with E-state index in [1.54, 1.807) is 18.2 Å². The fourth-order valence-corrected chi connectivity index (χ4v) is 3.78. The molecule has 0 amide bonds. The van der Waals surface area contributed by atoms with E-state index in [1.807, 2.05) is 5.38 Å². The summed E-state index contributed by atoms with van der Waals surface area (Å²) in [6.45, 7) is 0. The van der Waals surface area contributed by atoms with E-state index in [-0.39, 0.29) is 10.7 Å². The molecule has 2 aromatic heterocycles. The van der Waals surface area contributed by atoms with Crippen LogP contribution >= 0.6 is 22.9 Å². The molecule has 0 atom stereocenters. The molecule has 1 N–H and O–H groups in total. The second kappa shape index (κ2) is 6.90. The lowest BCUT2D eigenvalue weighted by molar-refractivity contribution is -0.384. The number of hydrogen-bond donors (Lipinski definition) is 1. The van der Waals surface area contributed by atoms with Crippen molar-refractivity contribution >= 4 is 50.3 Å². The summed E-state index contributed by atoms with van der Waals surface area (Å²) in [5.74, 6) is -0.00620. The number of rotatable bonds is 4. The van der Waals surface area contributed by atoms with Crippen LogP contribution in [0.4, 0.5) is 21.6 Å². The van der Waals surface area contributed by atoms with E-state index < -0.39 is 10.7 Å². The van der Waals surface area contributed by atoms with Gasteiger partial charge >= 0.3 is 0 Å². The topological polar surface area (TPSA) is 81.0 Å². The van der Waals surface area contributed by atoms with E-state index in [0.29, 0.717) is 17.1 Å². The third kappa shape index (κ3) is 3.32. The molecule has 4 aromatic rings. The summed E-state index contributed by atoms with van der Waals surface area (Å²) >= 11 is 7.25. The Morgan fingerprint density at radius 2 is 2.04 bits per heavy atom. The zero-order valence-corrected chi connectivity index (χ0v) is 15.1. The number of thiophene rings is 1. The lowest BCUT2D eigenvalue weighted by Crippen LogP contribution is -1.96. The zero-order valence-electron chi connectivity index (χ0n) is 13.5. The second-order valence-corrected chi connectivity index (χ2v) is 6.88. The molecular weight excluding hydrogens is 391 g/mol. The molecule has 0 saturated carbocycles. The predicted molar refractivity (Wildman–Crippen MR) is 104 cm³/mol. The molecule has 0 unspecified atom stereocenters. The molecule has 6 nitrogen and oxygen atoms in total. The maximum atomic E-state index is 13.4. The first-order chi connectivity index (χ1) is 13.0. The molecule has 27 heavy (non-hydrogen) atoms. The van der Waals surface area contributed by atoms with Crippen molar-refractivity contribution in [1.82, 2.24) is 9.97 Å². The Morgan fingerprint density at radius 3 is 2.81 bits per heavy atom. The van der Waals surface area contributed by atoms with Crippen LogP contribution < -0.4 is 5.32 Å². The van der Waals surface area contributed by atoms with Gasteiger partial charge in [-0.2, -0.15) is 0 Å². The fraction of sp³-hybridized carbons (Fsp3) is 0. The van der Waals surface area contributed by atoms with Gasteiger partial charge in [0.05, 0.1) is 15.3 Å². The number of nitro benzene ring substituents is 1. The first-order valence-electron chi connectivity index (χ1n) is 7.72. The van der Waals surface area contributed by atoms with Gasteiger partial charge in [-0.3, -0.25) is 10.1 Å². The summed E-state index contributed by atoms with van der Waals surface area (Å²) < 4.78 is 13.4. The zero-order chi connectivity index (χ0) is 19.0. The van der Waals surface area contributed by atoms with Crippen molar-refractivity contribution in [3.63, 3.8) is 0 Å². The molecule has 0 fully saturated rings. The van der Waals surface area contributed by atoms with Gasteiger partial charge in [-0.1, -0.05) is 23.7 Å². The number of fused-ring (bicyclic) bond motifs is 1. The van der Waals surface area contributed by atoms with E-state index in [4.69, 9.17) is 11.6 Å². The summed E-state index contributed by atoms with van der Waals surface area (Å²) in [6.07, 6.45) is 1.42. The highest BCUT2D eigenvalue weighted by atomic mass is 35.5. The number of anilines is 2. The Morgan fingerprint density at radius 1 is 1.19 bits per heavy atom. The molecule has 0 saturated heterocycles. The number of benzene rings is 2. The number of nitro groups is 1. The molecule has 0 spiro atoms. The van der Waals surface area contributed by atoms with Gasteiger partial charge in [0.15, 0.2) is 0 Å². The van der Waals surface area contributed by atoms with Crippen LogP contribution in [0, 0.1) is 15.9 Å². The highest BCUT2D eigenvalue weighted by Crippen LogP contribution is 2.38. The van der Waals surface area contributed by atoms with Crippen molar-refractivity contribution in [3.8, 4) is 11.1 Å². The second-order valence-electron chi connectivity index (χ2n) is 5.61. The molecule has 2 aromatic carbocycles. The van der Waals surface area contributed by atoms with E-state index in [2.05, 4.69) is 15.3 Å². The van der Waals surface area contributed by atoms with E-state index in [1.165, 1.54) is 41.9 Å². The number of nitrogens with zero attached hydrogens (tertiary/aromatic N) is 3. The standard InChI is InChI=1S/C18H10ClFN4O2S/c19-14-7-11(4-5-15(14)20)23-17-16-13(8-27-18(16)22-9-21-17)10-2-1-3-12(6-10)24(25)26/h1-9H,(H,21,22,23). The fourth-order valence-electron chi connectivity index (χ4n) is 2.68. The van der Waals surface area contributed by atoms with Crippen LogP contribution in [0.2, 0.25) is 5.02 Å². The largest absolute Gasteiger partial charge is 0.340 e. The summed E-state index contributed by atoms with van der Waals surface area (Å²) in [6, 6.07) is 10.6. The Kier molecular flexibility index (Phi) is 4.43. The van der Waals surface area contributed by atoms with E-state index in [0.717, 1.165) is 15.8 Å². The first kappa shape index (κ1) is 17.3. The molecule has 0 aliphatic rings. The number of aromatic nitrogens is 2. The average Bonchev–Trinajstić information content (AvgIpc) is 3.10. The Bertz CT molecular complexity index is 1180. The third-order valence-corrected chi connectivity index (χ3v) is 5.10. The quantitative estimate of drug-likeness (QED) is 0.345. The molecule has 2 heterocycles. The van der Waals surface area contributed by atoms with Crippen LogP contribution in [0.1, 0.15) is 0 Å². The molecule has 134 valence electrons. The van der Waals surface area contributed by atoms with Gasteiger partial charge in [0.1, 0.15) is 22.8 Å². The van der Waals surface area contributed by atoms with Crippen LogP contribution in [0.15, 0.2) is 54.2 Å². The van der Waals surface area contributed by atoms with Crippen LogP contribution in [-0.4, -0.2) is 14.9 Å². The minimum absolute atomic E-state index is 0.00326. The Hall–Kier alpha value is -3.10. The van der Waals surface area contributed by atoms with Crippen molar-refractivity contribution in [2.75, 3.05) is 5.32 Å². The maximum absolute atomic E-state index is 13.4. The van der Waals surface area contributed by atoms with Crippen LogP contribution in [0.3, 0.4) is 0 Å². The third-order valence-electron chi connectivity index (χ3n) is 3.92. The van der Waals surface area contributed by atoms with Crippen molar-refractivity contribution in [2.24, 2.45) is 0 Å². The van der Waals surface area contributed by atoms with E-state index in [9.17, 15) is 14.5 Å². The molecule has 0 radical (unpaired) electrons. The monoisotopic (exact) mass is 400 g/mol. The minimum atomic E-state index is -0.511. The lowest BCUT2D eigenvalue weighted by atomic mass is 10.1. The highest BCUT2D eigenvalue weighted by molar-refractivity contribution is 7.17. The van der Waals surface area contributed by atoms with Gasteiger partial charge in [-0.05, 0) is 23.8 Å². The van der Waals surface area contributed by atoms with Gasteiger partial charge < -0.3 is 5.32 Å². The number of hydrogen-bond acceptors (Lipinski definition) is 6. The summed E-state index contributed by atoms with van der Waals surface area (Å²) in [7, 11) is 0. The van der Waals surface area contributed by atoms with Gasteiger partial charge in [0.2, 0.25) is 0 Å². The van der Waals surface area contributed by atoms with Crippen molar-refractivity contribution in [2.45, 2.75) is 0 Å². The summed E-state index contributed by atoms with van der Waals surface area (Å²) in [5, 5.41) is 16.8. The average molecular weight is 401 g/mol. The molecular formula is C18H10ClFN4O2S. The van der Waals surface area contributed by atoms with Gasteiger partial charge in [0.25, 0.3) is 5.69 Å². The van der Waals surface area contributed by atoms with E-state index >= 15 is 0 Å². The smallest absolute Gasteiger partial charge is 0.270 e. The first-order valence-corrected chi connectivity index (χ1v) is 8.98. The van der Waals surface area contributed by atoms with Gasteiger partial charge in [-0.25, -0.2) is 14.4 Å². The maximum Gasteiger partial charge on any atom is 0.270 e. The predicted octanol–water partition coefficient (Wildman–Crippen LogP) is 5.80. The van der Waals surface area contributed by atoms with Gasteiger partial charge in [0, 0.05) is 28.8 Å². The van der Waals surface area contributed by atoms with Crippen molar-refractivity contribution in [3.05, 3.63) is 75.1 Å². The van der Waals surface area contributed by atoms with Crippen LogP contribution in [-0.2, 0) is 0 Å². The van der Waals surface area contributed by atoms with Crippen LogP contribution in [0.5, 0.6) is 0 Å². The summed E-state index contributed by atoms with van der Waals surface area (Å²) in [5.41, 5.74) is 2.03. The summed E-state index contributed by atoms with van der Waals surface area (Å²) in [4.78, 5) is 19.9. The Balaban J connectivity index is 1.83. The highest BCUT2D eigenvalue weighted by Gasteiger charge is 2.16. The van der Waals surface area contributed by atoms with Crippen molar-refractivity contribution in [1.29, 1.82) is 0 Å². The minimum Gasteiger partial charge on any atom is -0.340 e.